The van der Waals surface area contributed by atoms with E-state index in [4.69, 9.17) is 9.97 Å². The van der Waals surface area contributed by atoms with Crippen molar-refractivity contribution in [3.63, 3.8) is 0 Å². The normalized spacial score (nSPS) is 13.1. The molecule has 0 bridgehead atoms. The minimum absolute atomic E-state index is 0. The van der Waals surface area contributed by atoms with E-state index in [9.17, 15) is 13.2 Å². The van der Waals surface area contributed by atoms with Gasteiger partial charge in [0.25, 0.3) is 5.91 Å². The molecule has 1 aliphatic rings. The van der Waals surface area contributed by atoms with Gasteiger partial charge in [0.05, 0.1) is 45.3 Å². The molecule has 11 nitrogen and oxygen atoms in total. The Balaban J connectivity index is 0.000000516. The summed E-state index contributed by atoms with van der Waals surface area (Å²) in [5, 5.41) is 7.18. The summed E-state index contributed by atoms with van der Waals surface area (Å²) < 4.78 is 27.9. The molecule has 6 heterocycles. The highest BCUT2D eigenvalue weighted by Crippen LogP contribution is 2.24. The monoisotopic (exact) mass is 573 g/mol. The number of pyridine rings is 4. The van der Waals surface area contributed by atoms with Crippen molar-refractivity contribution in [1.29, 1.82) is 0 Å². The van der Waals surface area contributed by atoms with Gasteiger partial charge in [-0.3, -0.25) is 14.8 Å². The first-order valence-corrected chi connectivity index (χ1v) is 14.9. The molecule has 0 atom stereocenters. The molecular weight excluding hydrogens is 542 g/mol. The number of rotatable bonds is 6. The Labute approximate surface area is 239 Å². The lowest BCUT2D eigenvalue weighted by atomic mass is 10.2. The summed E-state index contributed by atoms with van der Waals surface area (Å²) in [6, 6.07) is 14.8. The quantitative estimate of drug-likeness (QED) is 0.313. The number of nitrogens with one attached hydrogen (secondary N) is 1. The van der Waals surface area contributed by atoms with Gasteiger partial charge < -0.3 is 14.7 Å². The zero-order valence-corrected chi connectivity index (χ0v) is 23.5. The number of anilines is 1. The van der Waals surface area contributed by atoms with Crippen molar-refractivity contribution in [2.45, 2.75) is 31.2 Å². The van der Waals surface area contributed by atoms with E-state index in [1.807, 2.05) is 43.3 Å². The van der Waals surface area contributed by atoms with Crippen LogP contribution < -0.4 is 10.2 Å². The van der Waals surface area contributed by atoms with Crippen molar-refractivity contribution in [2.24, 2.45) is 0 Å². The zero-order valence-electron chi connectivity index (χ0n) is 22.7. The summed E-state index contributed by atoms with van der Waals surface area (Å²) in [5.74, 6) is 0.531. The second-order valence-electron chi connectivity index (χ2n) is 9.65. The van der Waals surface area contributed by atoms with Gasteiger partial charge in [-0.25, -0.2) is 18.4 Å². The molecule has 1 fully saturated rings. The van der Waals surface area contributed by atoms with Crippen LogP contribution in [-0.4, -0.2) is 58.8 Å². The van der Waals surface area contributed by atoms with E-state index in [0.717, 1.165) is 53.1 Å². The van der Waals surface area contributed by atoms with Crippen molar-refractivity contribution in [3.05, 3.63) is 90.3 Å². The molecule has 0 aromatic carbocycles. The number of aryl methyl sites for hydroxylation is 1. The van der Waals surface area contributed by atoms with Crippen molar-refractivity contribution in [3.8, 4) is 11.4 Å². The van der Waals surface area contributed by atoms with E-state index in [1.54, 1.807) is 18.5 Å². The van der Waals surface area contributed by atoms with Gasteiger partial charge in [0, 0.05) is 50.8 Å². The minimum Gasteiger partial charge on any atom is -0.365 e. The second kappa shape index (κ2) is 12.2. The SMILES string of the molecule is CS(=O)(=O)c1cncc(C(=O)NCc2cc3nc(-c4cccc(N5CCCC5)n4)ccc3cn2)c1.Cc1ccon1.[HH]. The average molecular weight is 574 g/mol. The molecule has 0 radical (unpaired) electrons. The molecule has 12 heteroatoms. The zero-order chi connectivity index (χ0) is 28.8. The first-order valence-electron chi connectivity index (χ1n) is 13.0. The largest absolute Gasteiger partial charge is 0.365 e. The number of amides is 1. The third kappa shape index (κ3) is 7.09. The van der Waals surface area contributed by atoms with Crippen LogP contribution >= 0.6 is 0 Å². The first-order chi connectivity index (χ1) is 19.8. The maximum Gasteiger partial charge on any atom is 0.253 e. The highest BCUT2D eigenvalue weighted by atomic mass is 32.2. The number of carbonyl (C=O) groups excluding carboxylic acids is 1. The fourth-order valence-electron chi connectivity index (χ4n) is 4.28. The van der Waals surface area contributed by atoms with Crippen molar-refractivity contribution >= 4 is 32.5 Å². The fraction of sp³-hybridized carbons (Fsp3) is 0.241. The molecular formula is C29H31N7O4S. The van der Waals surface area contributed by atoms with Crippen LogP contribution in [0.1, 0.15) is 36.0 Å². The lowest BCUT2D eigenvalue weighted by Crippen LogP contribution is -2.23. The van der Waals surface area contributed by atoms with Crippen LogP contribution in [-0.2, 0) is 16.4 Å². The minimum atomic E-state index is -3.46. The van der Waals surface area contributed by atoms with E-state index < -0.39 is 15.7 Å². The van der Waals surface area contributed by atoms with Gasteiger partial charge in [0.15, 0.2) is 9.84 Å². The predicted molar refractivity (Wildman–Crippen MR) is 156 cm³/mol. The van der Waals surface area contributed by atoms with Crippen LogP contribution in [0.2, 0.25) is 0 Å². The Morgan fingerprint density at radius 1 is 1.02 bits per heavy atom. The molecule has 1 N–H and O–H groups in total. The molecule has 5 aromatic heterocycles. The van der Waals surface area contributed by atoms with E-state index in [-0.39, 0.29) is 18.4 Å². The van der Waals surface area contributed by atoms with Gasteiger partial charge in [-0.2, -0.15) is 0 Å². The summed E-state index contributed by atoms with van der Waals surface area (Å²) in [6.45, 7) is 4.09. The maximum absolute atomic E-state index is 12.5. The molecule has 0 aliphatic carbocycles. The van der Waals surface area contributed by atoms with Crippen LogP contribution in [0.15, 0.2) is 82.8 Å². The van der Waals surface area contributed by atoms with E-state index in [2.05, 4.69) is 29.9 Å². The Bertz CT molecular complexity index is 1780. The third-order valence-electron chi connectivity index (χ3n) is 6.46. The molecule has 0 saturated carbocycles. The summed E-state index contributed by atoms with van der Waals surface area (Å²) >= 11 is 0. The van der Waals surface area contributed by atoms with Crippen LogP contribution in [0, 0.1) is 6.92 Å². The van der Waals surface area contributed by atoms with Crippen molar-refractivity contribution < 1.29 is 19.2 Å². The van der Waals surface area contributed by atoms with E-state index in [0.29, 0.717) is 5.69 Å². The standard InChI is InChI=1S/C25H24N6O3S.C4H5NO.H2/c1-35(33,34)20-11-18(13-26-16-20)25(32)28-15-19-12-23-17(14-27-19)7-8-22(29-23)21-5-4-6-24(30-21)31-9-2-3-10-31;1-4-2-3-6-5-4;/h4-8,11-14,16H,2-3,9-10,15H2,1H3,(H,28,32);2-3H,1H3;1H. The Hall–Kier alpha value is -4.71. The van der Waals surface area contributed by atoms with E-state index >= 15 is 0 Å². The number of sulfone groups is 1. The fourth-order valence-corrected chi connectivity index (χ4v) is 4.87. The Morgan fingerprint density at radius 2 is 1.83 bits per heavy atom. The Kier molecular flexibility index (Phi) is 8.29. The topological polar surface area (TPSA) is 144 Å². The first kappa shape index (κ1) is 27.8. The molecule has 1 saturated heterocycles. The maximum atomic E-state index is 12.5. The number of fused-ring (bicyclic) bond motifs is 1. The number of carbonyl (C=O) groups is 1. The van der Waals surface area contributed by atoms with Gasteiger partial charge in [0.1, 0.15) is 12.1 Å². The smallest absolute Gasteiger partial charge is 0.253 e. The number of hydrogen-bond donors (Lipinski definition) is 1. The van der Waals surface area contributed by atoms with Gasteiger partial charge in [-0.05, 0) is 56.2 Å². The molecule has 1 aliphatic heterocycles. The van der Waals surface area contributed by atoms with Crippen LogP contribution in [0.25, 0.3) is 22.3 Å². The molecule has 212 valence electrons. The molecule has 6 rings (SSSR count). The van der Waals surface area contributed by atoms with Crippen LogP contribution in [0.5, 0.6) is 0 Å². The Morgan fingerprint density at radius 3 is 2.54 bits per heavy atom. The summed E-state index contributed by atoms with van der Waals surface area (Å²) in [5.41, 5.74) is 4.04. The summed E-state index contributed by atoms with van der Waals surface area (Å²) in [7, 11) is -3.46. The molecule has 41 heavy (non-hydrogen) atoms. The number of hydrogen-bond acceptors (Lipinski definition) is 10. The summed E-state index contributed by atoms with van der Waals surface area (Å²) in [4.78, 5) is 32.7. The second-order valence-corrected chi connectivity index (χ2v) is 11.7. The third-order valence-corrected chi connectivity index (χ3v) is 7.54. The van der Waals surface area contributed by atoms with Crippen LogP contribution in [0.3, 0.4) is 0 Å². The molecule has 1 amide bonds. The molecule has 5 aromatic rings. The van der Waals surface area contributed by atoms with Crippen molar-refractivity contribution in [1.82, 2.24) is 30.4 Å². The summed E-state index contributed by atoms with van der Waals surface area (Å²) in [6.07, 6.45) is 9.26. The lowest BCUT2D eigenvalue weighted by molar-refractivity contribution is 0.0950. The van der Waals surface area contributed by atoms with E-state index in [1.165, 1.54) is 31.3 Å². The lowest BCUT2D eigenvalue weighted by Gasteiger charge is -2.16. The van der Waals surface area contributed by atoms with Gasteiger partial charge in [-0.15, -0.1) is 0 Å². The predicted octanol–water partition coefficient (Wildman–Crippen LogP) is 4.25. The van der Waals surface area contributed by atoms with Gasteiger partial charge >= 0.3 is 0 Å². The van der Waals surface area contributed by atoms with Gasteiger partial charge in [0.2, 0.25) is 0 Å². The molecule has 0 unspecified atom stereocenters. The highest BCUT2D eigenvalue weighted by Gasteiger charge is 2.15. The average Bonchev–Trinajstić information content (AvgIpc) is 3.70. The number of nitrogens with zero attached hydrogens (tertiary/aromatic N) is 6. The number of aromatic nitrogens is 5. The highest BCUT2D eigenvalue weighted by molar-refractivity contribution is 7.90. The van der Waals surface area contributed by atoms with Crippen molar-refractivity contribution in [2.75, 3.05) is 24.2 Å². The van der Waals surface area contributed by atoms with Gasteiger partial charge in [-0.1, -0.05) is 11.2 Å². The van der Waals surface area contributed by atoms with Crippen LogP contribution in [0.4, 0.5) is 5.82 Å². The molecule has 0 spiro atoms.